The molecule has 0 aliphatic rings. The number of hydrogen-bond acceptors (Lipinski definition) is 4. The molecule has 0 saturated heterocycles. The lowest BCUT2D eigenvalue weighted by Gasteiger charge is -2.32. The molecular weight excluding hydrogens is 557 g/mol. The first-order valence-corrected chi connectivity index (χ1v) is 15.0. The van der Waals surface area contributed by atoms with Gasteiger partial charge in [0.1, 0.15) is 6.04 Å². The van der Waals surface area contributed by atoms with E-state index in [-0.39, 0.29) is 43.8 Å². The molecule has 0 aliphatic carbocycles. The van der Waals surface area contributed by atoms with Crippen LogP contribution in [-0.4, -0.2) is 50.0 Å². The number of rotatable bonds is 12. The lowest BCUT2D eigenvalue weighted by Crippen LogP contribution is -2.50. The Bertz CT molecular complexity index is 1220. The first-order valence-electron chi connectivity index (χ1n) is 12.0. The predicted octanol–water partition coefficient (Wildman–Crippen LogP) is 5.83. The fraction of sp³-hybridized carbons (Fsp3) is 0.462. The van der Waals surface area contributed by atoms with Crippen LogP contribution < -0.4 is 9.62 Å². The number of halogens is 3. The Morgan fingerprint density at radius 3 is 2.22 bits per heavy atom. The molecule has 1 N–H and O–H groups in total. The Labute approximate surface area is 235 Å². The minimum Gasteiger partial charge on any atom is -0.352 e. The fourth-order valence-electron chi connectivity index (χ4n) is 3.97. The topological polar surface area (TPSA) is 86.8 Å². The summed E-state index contributed by atoms with van der Waals surface area (Å²) >= 11 is 18.5. The van der Waals surface area contributed by atoms with Crippen LogP contribution in [0.5, 0.6) is 0 Å². The van der Waals surface area contributed by atoms with E-state index in [4.69, 9.17) is 34.8 Å². The fourth-order valence-corrected chi connectivity index (χ4v) is 5.62. The molecule has 2 amide bonds. The zero-order valence-corrected chi connectivity index (χ0v) is 24.8. The van der Waals surface area contributed by atoms with Gasteiger partial charge in [-0.25, -0.2) is 8.42 Å². The van der Waals surface area contributed by atoms with E-state index in [1.54, 1.807) is 43.3 Å². The van der Waals surface area contributed by atoms with Crippen LogP contribution in [0.2, 0.25) is 15.1 Å². The van der Waals surface area contributed by atoms with Gasteiger partial charge in [-0.1, -0.05) is 53.9 Å². The van der Waals surface area contributed by atoms with Crippen molar-refractivity contribution in [3.05, 3.63) is 62.6 Å². The molecule has 1 atom stereocenters. The molecule has 0 heterocycles. The van der Waals surface area contributed by atoms with Crippen molar-refractivity contribution in [2.45, 2.75) is 65.6 Å². The molecule has 0 saturated carbocycles. The van der Waals surface area contributed by atoms with Crippen molar-refractivity contribution in [3.8, 4) is 0 Å². The summed E-state index contributed by atoms with van der Waals surface area (Å²) in [6.45, 7) is 7.53. The highest BCUT2D eigenvalue weighted by atomic mass is 35.5. The molecule has 0 aromatic heterocycles. The average Bonchev–Trinajstić information content (AvgIpc) is 2.78. The Kier molecular flexibility index (Phi) is 11.6. The largest absolute Gasteiger partial charge is 0.352 e. The summed E-state index contributed by atoms with van der Waals surface area (Å²) in [7, 11) is -3.63. The molecule has 7 nitrogen and oxygen atoms in total. The predicted molar refractivity (Wildman–Crippen MR) is 152 cm³/mol. The number of nitrogens with one attached hydrogen (secondary N) is 1. The van der Waals surface area contributed by atoms with Gasteiger partial charge in [0.2, 0.25) is 21.8 Å². The van der Waals surface area contributed by atoms with Gasteiger partial charge in [-0.15, -0.1) is 0 Å². The van der Waals surface area contributed by atoms with Crippen LogP contribution in [0.1, 0.15) is 51.2 Å². The number of amides is 2. The van der Waals surface area contributed by atoms with Crippen molar-refractivity contribution in [2.24, 2.45) is 0 Å². The first kappa shape index (κ1) is 31.2. The number of nitrogens with zero attached hydrogens (tertiary/aromatic N) is 2. The van der Waals surface area contributed by atoms with E-state index < -0.39 is 16.1 Å². The summed E-state index contributed by atoms with van der Waals surface area (Å²) < 4.78 is 26.4. The highest BCUT2D eigenvalue weighted by Crippen LogP contribution is 2.27. The van der Waals surface area contributed by atoms with Crippen molar-refractivity contribution in [1.82, 2.24) is 10.2 Å². The molecule has 2 rings (SSSR count). The molecule has 2 aromatic rings. The molecule has 0 spiro atoms. The molecular formula is C26H34Cl3N3O4S. The molecule has 0 bridgehead atoms. The normalized spacial score (nSPS) is 12.4. The zero-order chi connectivity index (χ0) is 27.9. The molecule has 0 aliphatic heterocycles. The van der Waals surface area contributed by atoms with Gasteiger partial charge in [0.05, 0.1) is 11.9 Å². The lowest BCUT2D eigenvalue weighted by atomic mass is 10.1. The summed E-state index contributed by atoms with van der Waals surface area (Å²) in [6, 6.07) is 9.22. The second-order valence-electron chi connectivity index (χ2n) is 9.21. The smallest absolute Gasteiger partial charge is 0.243 e. The molecule has 0 unspecified atom stereocenters. The van der Waals surface area contributed by atoms with Crippen LogP contribution in [0.15, 0.2) is 36.4 Å². The van der Waals surface area contributed by atoms with Crippen LogP contribution >= 0.6 is 34.8 Å². The van der Waals surface area contributed by atoms with Gasteiger partial charge in [-0.05, 0) is 69.0 Å². The SMILES string of the molecule is CC[C@@H](C(=O)NC(C)C)N(Cc1ccc(Cl)cc1Cl)C(=O)CCCN(c1cc(Cl)ccc1C)S(C)(=O)=O. The summed E-state index contributed by atoms with van der Waals surface area (Å²) in [5.41, 5.74) is 1.87. The maximum absolute atomic E-state index is 13.5. The van der Waals surface area contributed by atoms with Gasteiger partial charge in [0.25, 0.3) is 0 Å². The van der Waals surface area contributed by atoms with E-state index in [0.29, 0.717) is 32.7 Å². The van der Waals surface area contributed by atoms with Gasteiger partial charge in [0, 0.05) is 40.6 Å². The molecule has 11 heteroatoms. The number of anilines is 1. The summed E-state index contributed by atoms with van der Waals surface area (Å²) in [6.07, 6.45) is 1.79. The standard InChI is InChI=1S/C26H34Cl3N3O4S/c1-6-23(26(34)30-17(2)3)31(16-19-10-12-20(27)14-22(19)29)25(33)8-7-13-32(37(5,35)36)24-15-21(28)11-9-18(24)4/h9-12,14-15,17,23H,6-8,13,16H2,1-5H3,(H,30,34)/t23-/m0/s1. The first-order chi connectivity index (χ1) is 17.2. The molecule has 0 fully saturated rings. The molecule has 204 valence electrons. The second kappa shape index (κ2) is 13.7. The Hall–Kier alpha value is -2.00. The van der Waals surface area contributed by atoms with Gasteiger partial charge in [-0.3, -0.25) is 13.9 Å². The van der Waals surface area contributed by atoms with Crippen LogP contribution in [0.25, 0.3) is 0 Å². The molecule has 0 radical (unpaired) electrons. The minimum atomic E-state index is -3.63. The Morgan fingerprint density at radius 2 is 1.65 bits per heavy atom. The Balaban J connectivity index is 2.29. The van der Waals surface area contributed by atoms with Crippen LogP contribution in [0, 0.1) is 6.92 Å². The maximum atomic E-state index is 13.5. The molecule has 2 aromatic carbocycles. The van der Waals surface area contributed by atoms with Crippen LogP contribution in [0.4, 0.5) is 5.69 Å². The van der Waals surface area contributed by atoms with E-state index in [2.05, 4.69) is 5.32 Å². The third-order valence-electron chi connectivity index (χ3n) is 5.76. The highest BCUT2D eigenvalue weighted by Gasteiger charge is 2.30. The highest BCUT2D eigenvalue weighted by molar-refractivity contribution is 7.92. The van der Waals surface area contributed by atoms with Crippen molar-refractivity contribution in [2.75, 3.05) is 17.1 Å². The number of aryl methyl sites for hydroxylation is 1. The zero-order valence-electron chi connectivity index (χ0n) is 21.7. The van der Waals surface area contributed by atoms with E-state index in [1.165, 1.54) is 9.21 Å². The van der Waals surface area contributed by atoms with Crippen molar-refractivity contribution in [3.63, 3.8) is 0 Å². The average molecular weight is 591 g/mol. The number of carbonyl (C=O) groups is 2. The van der Waals surface area contributed by atoms with Gasteiger partial charge in [-0.2, -0.15) is 0 Å². The van der Waals surface area contributed by atoms with E-state index in [1.807, 2.05) is 20.8 Å². The summed E-state index contributed by atoms with van der Waals surface area (Å²) in [5, 5.41) is 4.15. The number of benzene rings is 2. The van der Waals surface area contributed by atoms with E-state index in [9.17, 15) is 18.0 Å². The van der Waals surface area contributed by atoms with Crippen molar-refractivity contribution < 1.29 is 18.0 Å². The maximum Gasteiger partial charge on any atom is 0.243 e. The third-order valence-corrected chi connectivity index (χ3v) is 7.77. The Morgan fingerprint density at radius 1 is 1.03 bits per heavy atom. The van der Waals surface area contributed by atoms with E-state index in [0.717, 1.165) is 11.8 Å². The van der Waals surface area contributed by atoms with E-state index >= 15 is 0 Å². The van der Waals surface area contributed by atoms with Gasteiger partial charge in [0.15, 0.2) is 0 Å². The number of hydrogen-bond donors (Lipinski definition) is 1. The lowest BCUT2D eigenvalue weighted by molar-refractivity contribution is -0.141. The van der Waals surface area contributed by atoms with Crippen molar-refractivity contribution >= 4 is 62.3 Å². The van der Waals surface area contributed by atoms with Crippen LogP contribution in [0.3, 0.4) is 0 Å². The molecule has 37 heavy (non-hydrogen) atoms. The quantitative estimate of drug-likeness (QED) is 0.337. The number of carbonyl (C=O) groups excluding carboxylic acids is 2. The van der Waals surface area contributed by atoms with Crippen molar-refractivity contribution in [1.29, 1.82) is 0 Å². The summed E-state index contributed by atoms with van der Waals surface area (Å²) in [5.74, 6) is -0.545. The number of sulfonamides is 1. The third kappa shape index (κ3) is 9.06. The summed E-state index contributed by atoms with van der Waals surface area (Å²) in [4.78, 5) is 28.0. The van der Waals surface area contributed by atoms with Crippen LogP contribution in [-0.2, 0) is 26.2 Å². The van der Waals surface area contributed by atoms with Gasteiger partial charge < -0.3 is 10.2 Å². The van der Waals surface area contributed by atoms with Gasteiger partial charge >= 0.3 is 0 Å². The minimum absolute atomic E-state index is 0.0301. The monoisotopic (exact) mass is 589 g/mol. The second-order valence-corrected chi connectivity index (χ2v) is 12.4.